The van der Waals surface area contributed by atoms with Crippen molar-refractivity contribution < 1.29 is 14.7 Å². The predicted octanol–water partition coefficient (Wildman–Crippen LogP) is -0.929. The number of carbonyl (C=O) groups excluding carboxylic acids is 1. The van der Waals surface area contributed by atoms with Gasteiger partial charge in [0.25, 0.3) is 0 Å². The Hall–Kier alpha value is -1.14. The zero-order chi connectivity index (χ0) is 13.1. The number of nitrogens with one attached hydrogen (secondary N) is 1. The van der Waals surface area contributed by atoms with E-state index in [1.54, 1.807) is 11.8 Å². The highest BCUT2D eigenvalue weighted by Gasteiger charge is 2.37. The number of amides is 1. The van der Waals surface area contributed by atoms with Crippen LogP contribution in [0.25, 0.3) is 0 Å². The number of nitrogens with zero attached hydrogens (tertiary/aromatic N) is 2. The maximum Gasteiger partial charge on any atom is 0.306 e. The van der Waals surface area contributed by atoms with Crippen molar-refractivity contribution in [3.8, 4) is 0 Å². The fraction of sp³-hybridized carbons (Fsp3) is 0.833. The molecule has 0 bridgehead atoms. The molecule has 2 saturated heterocycles. The monoisotopic (exact) mass is 255 g/mol. The van der Waals surface area contributed by atoms with E-state index in [1.807, 2.05) is 0 Å². The van der Waals surface area contributed by atoms with Gasteiger partial charge >= 0.3 is 5.97 Å². The van der Waals surface area contributed by atoms with Crippen LogP contribution in [0.3, 0.4) is 0 Å². The average molecular weight is 255 g/mol. The van der Waals surface area contributed by atoms with Gasteiger partial charge in [-0.3, -0.25) is 14.5 Å². The second-order valence-electron chi connectivity index (χ2n) is 5.21. The normalized spacial score (nSPS) is 23.5. The Morgan fingerprint density at radius 3 is 2.50 bits per heavy atom. The molecule has 0 radical (unpaired) electrons. The van der Waals surface area contributed by atoms with E-state index in [0.29, 0.717) is 19.6 Å². The SMILES string of the molecule is CC(C(=O)O)C1CN(C(=O)CN2CCNCC2)C1. The number of hydrogen-bond acceptors (Lipinski definition) is 4. The molecule has 6 heteroatoms. The molecule has 2 aliphatic rings. The van der Waals surface area contributed by atoms with Crippen molar-refractivity contribution in [1.29, 1.82) is 0 Å². The van der Waals surface area contributed by atoms with Gasteiger partial charge in [0.15, 0.2) is 0 Å². The average Bonchev–Trinajstić information content (AvgIpc) is 2.28. The van der Waals surface area contributed by atoms with E-state index in [4.69, 9.17) is 5.11 Å². The summed E-state index contributed by atoms with van der Waals surface area (Å²) in [4.78, 5) is 26.7. The Bertz CT molecular complexity index is 323. The van der Waals surface area contributed by atoms with Gasteiger partial charge in [0.2, 0.25) is 5.91 Å². The van der Waals surface area contributed by atoms with Crippen LogP contribution >= 0.6 is 0 Å². The Morgan fingerprint density at radius 1 is 1.33 bits per heavy atom. The van der Waals surface area contributed by atoms with E-state index in [0.717, 1.165) is 26.2 Å². The molecule has 2 N–H and O–H groups in total. The number of carboxylic acids is 1. The van der Waals surface area contributed by atoms with Gasteiger partial charge in [-0.25, -0.2) is 0 Å². The maximum atomic E-state index is 11.9. The first kappa shape index (κ1) is 13.3. The summed E-state index contributed by atoms with van der Waals surface area (Å²) in [5, 5.41) is 12.1. The summed E-state index contributed by atoms with van der Waals surface area (Å²) in [7, 11) is 0. The Kier molecular flexibility index (Phi) is 4.19. The van der Waals surface area contributed by atoms with E-state index < -0.39 is 5.97 Å². The second kappa shape index (κ2) is 5.67. The van der Waals surface area contributed by atoms with Crippen LogP contribution in [0, 0.1) is 11.8 Å². The van der Waals surface area contributed by atoms with Crippen molar-refractivity contribution >= 4 is 11.9 Å². The van der Waals surface area contributed by atoms with Gasteiger partial charge < -0.3 is 15.3 Å². The van der Waals surface area contributed by atoms with Crippen LogP contribution in [0.1, 0.15) is 6.92 Å². The van der Waals surface area contributed by atoms with Crippen molar-refractivity contribution in [3.05, 3.63) is 0 Å². The molecule has 1 amide bonds. The summed E-state index contributed by atoms with van der Waals surface area (Å²) in [6, 6.07) is 0. The summed E-state index contributed by atoms with van der Waals surface area (Å²) in [5.41, 5.74) is 0. The molecule has 2 heterocycles. The molecule has 0 aromatic heterocycles. The van der Waals surface area contributed by atoms with Gasteiger partial charge in [0.1, 0.15) is 0 Å². The van der Waals surface area contributed by atoms with Crippen LogP contribution in [0.4, 0.5) is 0 Å². The highest BCUT2D eigenvalue weighted by molar-refractivity contribution is 5.79. The largest absolute Gasteiger partial charge is 0.481 e. The molecule has 0 saturated carbocycles. The van der Waals surface area contributed by atoms with Crippen molar-refractivity contribution in [2.24, 2.45) is 11.8 Å². The first-order valence-electron chi connectivity index (χ1n) is 6.51. The third kappa shape index (κ3) is 3.00. The second-order valence-corrected chi connectivity index (χ2v) is 5.21. The first-order chi connectivity index (χ1) is 8.58. The molecule has 18 heavy (non-hydrogen) atoms. The topological polar surface area (TPSA) is 72.9 Å². The van der Waals surface area contributed by atoms with Crippen LogP contribution in [0.15, 0.2) is 0 Å². The minimum atomic E-state index is -0.769. The quantitative estimate of drug-likeness (QED) is 0.679. The van der Waals surface area contributed by atoms with Crippen LogP contribution in [-0.2, 0) is 9.59 Å². The minimum absolute atomic E-state index is 0.120. The Balaban J connectivity index is 1.71. The first-order valence-corrected chi connectivity index (χ1v) is 6.51. The fourth-order valence-electron chi connectivity index (χ4n) is 2.39. The lowest BCUT2D eigenvalue weighted by Crippen LogP contribution is -2.57. The molecule has 2 rings (SSSR count). The molecule has 0 spiro atoms. The lowest BCUT2D eigenvalue weighted by atomic mass is 9.87. The number of aliphatic carboxylic acids is 1. The van der Waals surface area contributed by atoms with Crippen molar-refractivity contribution in [1.82, 2.24) is 15.1 Å². The minimum Gasteiger partial charge on any atom is -0.481 e. The molecule has 2 aliphatic heterocycles. The van der Waals surface area contributed by atoms with Crippen molar-refractivity contribution in [2.75, 3.05) is 45.8 Å². The molecule has 1 unspecified atom stereocenters. The molecule has 0 aromatic rings. The van der Waals surface area contributed by atoms with Gasteiger partial charge in [-0.05, 0) is 0 Å². The summed E-state index contributed by atoms with van der Waals surface area (Å²) in [5.74, 6) is -0.873. The summed E-state index contributed by atoms with van der Waals surface area (Å²) in [6.45, 7) is 7.07. The number of carboxylic acid groups (broad SMARTS) is 1. The predicted molar refractivity (Wildman–Crippen MR) is 66.2 cm³/mol. The molecule has 0 aliphatic carbocycles. The lowest BCUT2D eigenvalue weighted by molar-refractivity contribution is -0.151. The molecular weight excluding hydrogens is 234 g/mol. The van der Waals surface area contributed by atoms with Crippen LogP contribution < -0.4 is 5.32 Å². The number of hydrogen-bond donors (Lipinski definition) is 2. The molecule has 0 aromatic carbocycles. The van der Waals surface area contributed by atoms with Crippen molar-refractivity contribution in [3.63, 3.8) is 0 Å². The van der Waals surface area contributed by atoms with E-state index in [1.165, 1.54) is 0 Å². The van der Waals surface area contributed by atoms with Gasteiger partial charge in [-0.2, -0.15) is 0 Å². The van der Waals surface area contributed by atoms with Gasteiger partial charge in [-0.15, -0.1) is 0 Å². The summed E-state index contributed by atoms with van der Waals surface area (Å²) < 4.78 is 0. The standard InChI is InChI=1S/C12H21N3O3/c1-9(12(17)18)10-6-15(7-10)11(16)8-14-4-2-13-3-5-14/h9-10,13H,2-8H2,1H3,(H,17,18). The van der Waals surface area contributed by atoms with Crippen molar-refractivity contribution in [2.45, 2.75) is 6.92 Å². The third-order valence-corrected chi connectivity index (χ3v) is 3.93. The van der Waals surface area contributed by atoms with Crippen LogP contribution in [0.2, 0.25) is 0 Å². The van der Waals surface area contributed by atoms with Crippen LogP contribution in [0.5, 0.6) is 0 Å². The molecule has 1 atom stereocenters. The van der Waals surface area contributed by atoms with Gasteiger partial charge in [-0.1, -0.05) is 6.92 Å². The zero-order valence-corrected chi connectivity index (χ0v) is 10.8. The zero-order valence-electron chi connectivity index (χ0n) is 10.8. The fourth-order valence-corrected chi connectivity index (χ4v) is 2.39. The number of carbonyl (C=O) groups is 2. The van der Waals surface area contributed by atoms with Gasteiger partial charge in [0.05, 0.1) is 12.5 Å². The van der Waals surface area contributed by atoms with E-state index >= 15 is 0 Å². The number of likely N-dealkylation sites (tertiary alicyclic amines) is 1. The summed E-state index contributed by atoms with van der Waals surface area (Å²) >= 11 is 0. The molecule has 2 fully saturated rings. The highest BCUT2D eigenvalue weighted by Crippen LogP contribution is 2.24. The summed E-state index contributed by atoms with van der Waals surface area (Å²) in [6.07, 6.45) is 0. The highest BCUT2D eigenvalue weighted by atomic mass is 16.4. The smallest absolute Gasteiger partial charge is 0.306 e. The molecule has 6 nitrogen and oxygen atoms in total. The lowest BCUT2D eigenvalue weighted by Gasteiger charge is -2.42. The van der Waals surface area contributed by atoms with E-state index in [2.05, 4.69) is 10.2 Å². The van der Waals surface area contributed by atoms with E-state index in [-0.39, 0.29) is 17.7 Å². The number of piperazine rings is 1. The van der Waals surface area contributed by atoms with Gasteiger partial charge in [0, 0.05) is 45.2 Å². The number of rotatable bonds is 4. The maximum absolute atomic E-state index is 11.9. The Labute approximate surface area is 107 Å². The van der Waals surface area contributed by atoms with E-state index in [9.17, 15) is 9.59 Å². The third-order valence-electron chi connectivity index (χ3n) is 3.93. The van der Waals surface area contributed by atoms with Crippen LogP contribution in [-0.4, -0.2) is 72.6 Å². The Morgan fingerprint density at radius 2 is 1.94 bits per heavy atom. The molecule has 102 valence electrons. The molecular formula is C12H21N3O3.